The fraction of sp³-hybridized carbons (Fsp3) is 0.480. The molecule has 4 amide bonds. The SMILES string of the molecule is CCOC(=O)N1CCN(C(=O)Cc2csc(NC(=O)CN(C(=O)c3ccc(C)cc3)C(C)C)n2)CC1. The molecule has 0 aliphatic carbocycles. The monoisotopic (exact) mass is 515 g/mol. The van der Waals surface area contributed by atoms with Crippen LogP contribution in [0.3, 0.4) is 0 Å². The van der Waals surface area contributed by atoms with Crippen molar-refractivity contribution in [2.24, 2.45) is 0 Å². The van der Waals surface area contributed by atoms with Gasteiger partial charge in [0.25, 0.3) is 5.91 Å². The Labute approximate surface area is 215 Å². The molecule has 1 saturated heterocycles. The second kappa shape index (κ2) is 12.5. The molecule has 36 heavy (non-hydrogen) atoms. The lowest BCUT2D eigenvalue weighted by Crippen LogP contribution is -2.51. The number of hydrogen-bond acceptors (Lipinski definition) is 7. The lowest BCUT2D eigenvalue weighted by molar-refractivity contribution is -0.132. The first-order valence-corrected chi connectivity index (χ1v) is 12.9. The van der Waals surface area contributed by atoms with Gasteiger partial charge in [0.2, 0.25) is 11.8 Å². The van der Waals surface area contributed by atoms with Crippen LogP contribution in [-0.4, -0.2) is 88.9 Å². The molecule has 1 aromatic heterocycles. The molecule has 1 aliphatic rings. The van der Waals surface area contributed by atoms with E-state index in [1.807, 2.05) is 32.9 Å². The van der Waals surface area contributed by atoms with Gasteiger partial charge in [-0.3, -0.25) is 14.4 Å². The zero-order valence-corrected chi connectivity index (χ0v) is 22.0. The maximum Gasteiger partial charge on any atom is 0.409 e. The Morgan fingerprint density at radius 2 is 1.72 bits per heavy atom. The minimum absolute atomic E-state index is 0.0867. The Morgan fingerprint density at radius 1 is 1.08 bits per heavy atom. The van der Waals surface area contributed by atoms with Crippen molar-refractivity contribution in [3.8, 4) is 0 Å². The number of thiazole rings is 1. The molecule has 11 heteroatoms. The number of benzene rings is 1. The summed E-state index contributed by atoms with van der Waals surface area (Å²) in [6.07, 6.45) is -0.253. The van der Waals surface area contributed by atoms with Crippen LogP contribution in [-0.2, 0) is 20.7 Å². The zero-order chi connectivity index (χ0) is 26.2. The molecule has 0 saturated carbocycles. The topological polar surface area (TPSA) is 112 Å². The molecule has 3 rings (SSSR count). The number of piperazine rings is 1. The predicted molar refractivity (Wildman–Crippen MR) is 137 cm³/mol. The zero-order valence-electron chi connectivity index (χ0n) is 21.2. The standard InChI is InChI=1S/C25H33N5O5S/c1-5-35-25(34)29-12-10-28(11-13-29)22(32)14-20-16-36-24(26-20)27-21(31)15-30(17(2)3)23(33)19-8-6-18(4)7-9-19/h6-9,16-17H,5,10-15H2,1-4H3,(H,26,27,31). The lowest BCUT2D eigenvalue weighted by Gasteiger charge is -2.34. The molecule has 1 N–H and O–H groups in total. The second-order valence-corrected chi connectivity index (χ2v) is 9.69. The number of anilines is 1. The third-order valence-corrected chi connectivity index (χ3v) is 6.59. The highest BCUT2D eigenvalue weighted by molar-refractivity contribution is 7.13. The van der Waals surface area contributed by atoms with Gasteiger partial charge in [-0.05, 0) is 39.8 Å². The van der Waals surface area contributed by atoms with Gasteiger partial charge in [0, 0.05) is 43.2 Å². The Balaban J connectivity index is 1.51. The number of ether oxygens (including phenoxy) is 1. The van der Waals surface area contributed by atoms with Gasteiger partial charge in [-0.25, -0.2) is 9.78 Å². The Morgan fingerprint density at radius 3 is 2.33 bits per heavy atom. The van der Waals surface area contributed by atoms with Crippen LogP contribution in [0.2, 0.25) is 0 Å². The van der Waals surface area contributed by atoms with Gasteiger partial charge in [-0.2, -0.15) is 0 Å². The van der Waals surface area contributed by atoms with E-state index in [1.54, 1.807) is 34.2 Å². The maximum atomic E-state index is 12.9. The number of rotatable bonds is 8. The van der Waals surface area contributed by atoms with E-state index in [-0.39, 0.29) is 42.8 Å². The summed E-state index contributed by atoms with van der Waals surface area (Å²) in [4.78, 5) is 59.2. The fourth-order valence-corrected chi connectivity index (χ4v) is 4.46. The summed E-state index contributed by atoms with van der Waals surface area (Å²) in [6, 6.07) is 7.07. The molecule has 0 atom stereocenters. The quantitative estimate of drug-likeness (QED) is 0.579. The number of aryl methyl sites for hydroxylation is 1. The number of aromatic nitrogens is 1. The predicted octanol–water partition coefficient (Wildman–Crippen LogP) is 2.78. The molecule has 2 heterocycles. The molecular formula is C25H33N5O5S. The third kappa shape index (κ3) is 7.27. The Kier molecular flexibility index (Phi) is 9.40. The number of nitrogens with one attached hydrogen (secondary N) is 1. The lowest BCUT2D eigenvalue weighted by atomic mass is 10.1. The molecule has 1 aromatic carbocycles. The third-order valence-electron chi connectivity index (χ3n) is 5.79. The van der Waals surface area contributed by atoms with Crippen molar-refractivity contribution in [1.29, 1.82) is 0 Å². The van der Waals surface area contributed by atoms with E-state index in [0.717, 1.165) is 5.56 Å². The number of amides is 4. The van der Waals surface area contributed by atoms with Crippen molar-refractivity contribution in [2.45, 2.75) is 40.2 Å². The molecule has 194 valence electrons. The summed E-state index contributed by atoms with van der Waals surface area (Å²) in [7, 11) is 0. The van der Waals surface area contributed by atoms with Gasteiger partial charge in [0.05, 0.1) is 18.7 Å². The van der Waals surface area contributed by atoms with Crippen molar-refractivity contribution >= 4 is 40.3 Å². The first-order chi connectivity index (χ1) is 17.2. The number of nitrogens with zero attached hydrogens (tertiary/aromatic N) is 4. The molecule has 0 unspecified atom stereocenters. The summed E-state index contributed by atoms with van der Waals surface area (Å²) in [5.41, 5.74) is 2.14. The van der Waals surface area contributed by atoms with E-state index in [1.165, 1.54) is 16.2 Å². The van der Waals surface area contributed by atoms with Crippen LogP contribution in [0.1, 0.15) is 42.4 Å². The van der Waals surface area contributed by atoms with E-state index in [4.69, 9.17) is 4.74 Å². The van der Waals surface area contributed by atoms with Gasteiger partial charge >= 0.3 is 6.09 Å². The van der Waals surface area contributed by atoms with E-state index >= 15 is 0 Å². The number of carbonyl (C=O) groups excluding carboxylic acids is 4. The summed E-state index contributed by atoms with van der Waals surface area (Å²) in [5, 5.41) is 4.85. The highest BCUT2D eigenvalue weighted by Crippen LogP contribution is 2.18. The average Bonchev–Trinajstić information content (AvgIpc) is 3.29. The highest BCUT2D eigenvalue weighted by atomic mass is 32.1. The van der Waals surface area contributed by atoms with Crippen LogP contribution in [0.4, 0.5) is 9.93 Å². The van der Waals surface area contributed by atoms with Crippen LogP contribution in [0, 0.1) is 6.92 Å². The van der Waals surface area contributed by atoms with Crippen molar-refractivity contribution in [3.05, 3.63) is 46.5 Å². The molecule has 10 nitrogen and oxygen atoms in total. The first kappa shape index (κ1) is 27.1. The van der Waals surface area contributed by atoms with Crippen LogP contribution in [0.5, 0.6) is 0 Å². The molecule has 0 radical (unpaired) electrons. The molecular weight excluding hydrogens is 482 g/mol. The maximum absolute atomic E-state index is 12.9. The molecule has 1 aliphatic heterocycles. The van der Waals surface area contributed by atoms with Crippen molar-refractivity contribution in [1.82, 2.24) is 19.7 Å². The summed E-state index contributed by atoms with van der Waals surface area (Å²) in [6.45, 7) is 9.36. The van der Waals surface area contributed by atoms with E-state index in [9.17, 15) is 19.2 Å². The van der Waals surface area contributed by atoms with Crippen molar-refractivity contribution in [2.75, 3.05) is 44.6 Å². The Bertz CT molecular complexity index is 1080. The fourth-order valence-electron chi connectivity index (χ4n) is 3.73. The van der Waals surface area contributed by atoms with Gasteiger partial charge < -0.3 is 24.8 Å². The minimum atomic E-state index is -0.360. The van der Waals surface area contributed by atoms with Crippen LogP contribution < -0.4 is 5.32 Å². The molecule has 2 aromatic rings. The van der Waals surface area contributed by atoms with Crippen LogP contribution >= 0.6 is 11.3 Å². The summed E-state index contributed by atoms with van der Waals surface area (Å²) >= 11 is 1.23. The van der Waals surface area contributed by atoms with Crippen molar-refractivity contribution < 1.29 is 23.9 Å². The highest BCUT2D eigenvalue weighted by Gasteiger charge is 2.26. The van der Waals surface area contributed by atoms with Gasteiger partial charge in [0.15, 0.2) is 5.13 Å². The summed E-state index contributed by atoms with van der Waals surface area (Å²) < 4.78 is 5.00. The minimum Gasteiger partial charge on any atom is -0.450 e. The Hall–Kier alpha value is -3.47. The van der Waals surface area contributed by atoms with Crippen LogP contribution in [0.25, 0.3) is 0 Å². The molecule has 1 fully saturated rings. The molecule has 0 bridgehead atoms. The van der Waals surface area contributed by atoms with Gasteiger partial charge in [0.1, 0.15) is 6.54 Å². The number of hydrogen-bond donors (Lipinski definition) is 1. The van der Waals surface area contributed by atoms with Gasteiger partial charge in [-0.15, -0.1) is 11.3 Å². The smallest absolute Gasteiger partial charge is 0.409 e. The normalized spacial score (nSPS) is 13.5. The van der Waals surface area contributed by atoms with E-state index in [0.29, 0.717) is 49.2 Å². The van der Waals surface area contributed by atoms with E-state index in [2.05, 4.69) is 10.3 Å². The first-order valence-electron chi connectivity index (χ1n) is 12.0. The van der Waals surface area contributed by atoms with E-state index < -0.39 is 0 Å². The average molecular weight is 516 g/mol. The molecule has 0 spiro atoms. The van der Waals surface area contributed by atoms with Crippen LogP contribution in [0.15, 0.2) is 29.6 Å². The number of carbonyl (C=O) groups is 4. The largest absolute Gasteiger partial charge is 0.450 e. The van der Waals surface area contributed by atoms with Gasteiger partial charge in [-0.1, -0.05) is 17.7 Å². The summed E-state index contributed by atoms with van der Waals surface area (Å²) in [5.74, 6) is -0.656. The van der Waals surface area contributed by atoms with Crippen molar-refractivity contribution in [3.63, 3.8) is 0 Å². The second-order valence-electron chi connectivity index (χ2n) is 8.83.